The summed E-state index contributed by atoms with van der Waals surface area (Å²) in [6.07, 6.45) is 3.24. The van der Waals surface area contributed by atoms with E-state index in [1.807, 2.05) is 75.1 Å². The van der Waals surface area contributed by atoms with Gasteiger partial charge in [0.05, 0.1) is 28.8 Å². The van der Waals surface area contributed by atoms with Crippen LogP contribution in [0.25, 0.3) is 45.7 Å². The van der Waals surface area contributed by atoms with Crippen molar-refractivity contribution in [2.75, 3.05) is 19.6 Å². The number of carboxylic acid groups (broad SMARTS) is 1. The van der Waals surface area contributed by atoms with Crippen molar-refractivity contribution in [3.63, 3.8) is 0 Å². The van der Waals surface area contributed by atoms with Crippen molar-refractivity contribution >= 4 is 35.1 Å². The van der Waals surface area contributed by atoms with Crippen LogP contribution >= 0.6 is 23.2 Å². The predicted octanol–water partition coefficient (Wildman–Crippen LogP) is 10.4. The zero-order valence-electron chi connectivity index (χ0n) is 38.0. The van der Waals surface area contributed by atoms with Crippen LogP contribution in [0.4, 0.5) is 0 Å². The number of carbonyl (C=O) groups is 2. The fourth-order valence-electron chi connectivity index (χ4n) is 8.57. The Labute approximate surface area is 394 Å². The first-order valence-electron chi connectivity index (χ1n) is 22.3. The number of aliphatic carboxylic acids is 1. The summed E-state index contributed by atoms with van der Waals surface area (Å²) in [5, 5.41) is 19.9. The van der Waals surface area contributed by atoms with E-state index < -0.39 is 23.6 Å². The van der Waals surface area contributed by atoms with Crippen LogP contribution in [0, 0.1) is 0 Å². The maximum Gasteiger partial charge on any atom is 0.321 e. The van der Waals surface area contributed by atoms with Gasteiger partial charge in [0, 0.05) is 41.8 Å². The Hall–Kier alpha value is -5.80. The van der Waals surface area contributed by atoms with Gasteiger partial charge in [-0.05, 0) is 151 Å². The smallest absolute Gasteiger partial charge is 0.321 e. The number of ether oxygens (including phenoxy) is 3. The fraction of sp³-hybridized carbons (Fsp3) is 0.400. The first-order valence-corrected chi connectivity index (χ1v) is 23.1. The van der Waals surface area contributed by atoms with Crippen molar-refractivity contribution < 1.29 is 38.0 Å². The summed E-state index contributed by atoms with van der Waals surface area (Å²) in [5.74, 6) is 1.41. The number of carbonyl (C=O) groups excluding carboxylic acids is 1. The predicted molar refractivity (Wildman–Crippen MR) is 250 cm³/mol. The molecule has 1 N–H and O–H groups in total. The lowest BCUT2D eigenvalue weighted by atomic mass is 9.96. The molecule has 0 spiro atoms. The van der Waals surface area contributed by atoms with Crippen molar-refractivity contribution in [1.82, 2.24) is 30.1 Å². The Morgan fingerprint density at radius 3 is 1.70 bits per heavy atom. The highest BCUT2D eigenvalue weighted by Crippen LogP contribution is 2.35. The van der Waals surface area contributed by atoms with Gasteiger partial charge in [-0.1, -0.05) is 57.8 Å². The first-order chi connectivity index (χ1) is 31.6. The SMILES string of the molecule is CC(C)Oc1ccc(-c2nc(-c3ccc4c(c3)CCCN(CC(=O)OC(C)(C)CC(C(=O)O)N3CCCc5cc(-c6noc(-c7ccc(OC(C)C)c(Cl)c7)n6)ccc5C3)C4)no2)cc1Cl. The molecular formula is C50H54Cl2N6O8. The minimum Gasteiger partial charge on any atom is -0.489 e. The second kappa shape index (κ2) is 20.0. The summed E-state index contributed by atoms with van der Waals surface area (Å²) in [6, 6.07) is 21.9. The number of nitrogens with zero attached hydrogens (tertiary/aromatic N) is 6. The molecule has 0 amide bonds. The summed E-state index contributed by atoms with van der Waals surface area (Å²) in [7, 11) is 0. The zero-order valence-corrected chi connectivity index (χ0v) is 39.5. The van der Waals surface area contributed by atoms with Crippen LogP contribution < -0.4 is 9.47 Å². The Bertz CT molecular complexity index is 2710. The number of benzene rings is 4. The summed E-state index contributed by atoms with van der Waals surface area (Å²) in [6.45, 7) is 13.6. The molecule has 16 heteroatoms. The molecule has 2 aliphatic heterocycles. The van der Waals surface area contributed by atoms with Gasteiger partial charge in [-0.15, -0.1) is 0 Å². The van der Waals surface area contributed by atoms with E-state index in [0.717, 1.165) is 59.1 Å². The van der Waals surface area contributed by atoms with Gasteiger partial charge in [0.1, 0.15) is 23.1 Å². The molecule has 346 valence electrons. The maximum atomic E-state index is 13.5. The van der Waals surface area contributed by atoms with Gasteiger partial charge in [0.25, 0.3) is 11.8 Å². The van der Waals surface area contributed by atoms with Gasteiger partial charge in [-0.3, -0.25) is 19.4 Å². The number of aryl methyl sites for hydroxylation is 2. The molecule has 0 radical (unpaired) electrons. The van der Waals surface area contributed by atoms with Crippen LogP contribution in [0.2, 0.25) is 10.0 Å². The van der Waals surface area contributed by atoms with Crippen molar-refractivity contribution in [3.8, 4) is 57.2 Å². The number of carboxylic acids is 1. The molecule has 0 saturated heterocycles. The van der Waals surface area contributed by atoms with Crippen LogP contribution in [0.15, 0.2) is 81.8 Å². The van der Waals surface area contributed by atoms with E-state index in [9.17, 15) is 14.7 Å². The molecule has 14 nitrogen and oxygen atoms in total. The van der Waals surface area contributed by atoms with Crippen LogP contribution in [0.1, 0.15) is 83.1 Å². The molecule has 4 aromatic carbocycles. The minimum absolute atomic E-state index is 0.00802. The molecule has 66 heavy (non-hydrogen) atoms. The van der Waals surface area contributed by atoms with Crippen LogP contribution in [0.5, 0.6) is 11.5 Å². The third-order valence-electron chi connectivity index (χ3n) is 11.6. The van der Waals surface area contributed by atoms with E-state index in [2.05, 4.69) is 31.2 Å². The Morgan fingerprint density at radius 2 is 1.20 bits per heavy atom. The number of aromatic nitrogens is 4. The third-order valence-corrected chi connectivity index (χ3v) is 12.2. The Morgan fingerprint density at radius 1 is 0.697 bits per heavy atom. The number of hydrogen-bond donors (Lipinski definition) is 1. The molecule has 4 heterocycles. The average Bonchev–Trinajstić information content (AvgIpc) is 3.86. The quantitative estimate of drug-likeness (QED) is 0.0966. The Kier molecular flexibility index (Phi) is 14.1. The normalized spacial score (nSPS) is 15.2. The topological polar surface area (TPSA) is 166 Å². The molecule has 0 bridgehead atoms. The van der Waals surface area contributed by atoms with Gasteiger partial charge in [0.2, 0.25) is 11.6 Å². The lowest BCUT2D eigenvalue weighted by Gasteiger charge is -2.34. The van der Waals surface area contributed by atoms with Gasteiger partial charge in [0.15, 0.2) is 0 Å². The van der Waals surface area contributed by atoms with E-state index >= 15 is 0 Å². The van der Waals surface area contributed by atoms with Crippen molar-refractivity contribution in [1.29, 1.82) is 0 Å². The minimum atomic E-state index is -1.04. The molecule has 1 atom stereocenters. The van der Waals surface area contributed by atoms with Gasteiger partial charge in [-0.25, -0.2) is 0 Å². The summed E-state index contributed by atoms with van der Waals surface area (Å²) >= 11 is 12.9. The van der Waals surface area contributed by atoms with E-state index in [0.29, 0.717) is 82.3 Å². The maximum absolute atomic E-state index is 13.5. The lowest BCUT2D eigenvalue weighted by Crippen LogP contribution is -2.47. The number of fused-ring (bicyclic) bond motifs is 2. The van der Waals surface area contributed by atoms with Gasteiger partial charge in [-0.2, -0.15) is 9.97 Å². The van der Waals surface area contributed by atoms with Crippen molar-refractivity contribution in [2.24, 2.45) is 0 Å². The van der Waals surface area contributed by atoms with Gasteiger partial charge >= 0.3 is 11.9 Å². The summed E-state index contributed by atoms with van der Waals surface area (Å²) < 4.78 is 28.8. The number of halogens is 2. The number of esters is 1. The molecule has 0 fully saturated rings. The Balaban J connectivity index is 0.869. The highest BCUT2D eigenvalue weighted by molar-refractivity contribution is 6.32. The monoisotopic (exact) mass is 936 g/mol. The highest BCUT2D eigenvalue weighted by atomic mass is 35.5. The van der Waals surface area contributed by atoms with E-state index in [1.54, 1.807) is 38.1 Å². The molecular weight excluding hydrogens is 883 g/mol. The highest BCUT2D eigenvalue weighted by Gasteiger charge is 2.36. The van der Waals surface area contributed by atoms with E-state index in [1.165, 1.54) is 0 Å². The fourth-order valence-corrected chi connectivity index (χ4v) is 9.02. The third kappa shape index (κ3) is 11.2. The van der Waals surface area contributed by atoms with Crippen LogP contribution in [0.3, 0.4) is 0 Å². The molecule has 2 aliphatic rings. The molecule has 0 saturated carbocycles. The largest absolute Gasteiger partial charge is 0.489 e. The van der Waals surface area contributed by atoms with E-state index in [-0.39, 0.29) is 25.2 Å². The molecule has 0 aliphatic carbocycles. The summed E-state index contributed by atoms with van der Waals surface area (Å²) in [4.78, 5) is 39.8. The number of rotatable bonds is 15. The zero-order chi connectivity index (χ0) is 46.7. The van der Waals surface area contributed by atoms with E-state index in [4.69, 9.17) is 46.5 Å². The first kappa shape index (κ1) is 46.7. The van der Waals surface area contributed by atoms with Gasteiger partial charge < -0.3 is 28.4 Å². The number of hydrogen-bond acceptors (Lipinski definition) is 13. The summed E-state index contributed by atoms with van der Waals surface area (Å²) in [5.41, 5.74) is 6.32. The molecule has 6 aromatic rings. The van der Waals surface area contributed by atoms with Crippen molar-refractivity contribution in [2.45, 2.75) is 111 Å². The molecule has 8 rings (SSSR count). The van der Waals surface area contributed by atoms with Crippen LogP contribution in [-0.2, 0) is 40.3 Å². The van der Waals surface area contributed by atoms with Crippen molar-refractivity contribution in [3.05, 3.63) is 105 Å². The average molecular weight is 938 g/mol. The van der Waals surface area contributed by atoms with Crippen LogP contribution in [-0.4, -0.2) is 90.6 Å². The lowest BCUT2D eigenvalue weighted by molar-refractivity contribution is -0.163. The molecule has 1 unspecified atom stereocenters. The second-order valence-electron chi connectivity index (χ2n) is 18.1. The second-order valence-corrected chi connectivity index (χ2v) is 18.9. The molecule has 2 aromatic heterocycles. The standard InChI is InChI=1S/C50H54Cl2N6O8/c1-29(2)62-42-17-15-35(23-39(42)51)47-53-45(55-65-47)33-11-13-37-26-57(19-7-9-31(37)21-33)28-44(59)64-50(5,6)25-41(49(60)61)58-20-8-10-32-22-34(12-14-38(32)27-58)46-54-48(66-56-46)36-16-18-43(40(52)24-36)63-30(3)4/h11-18,21-24,29-30,41H,7-10,19-20,25-28H2,1-6H3,(H,60,61).